The molecule has 0 rings (SSSR count). The van der Waals surface area contributed by atoms with E-state index in [-0.39, 0.29) is 23.8 Å². The van der Waals surface area contributed by atoms with Crippen molar-refractivity contribution in [3.63, 3.8) is 0 Å². The summed E-state index contributed by atoms with van der Waals surface area (Å²) < 4.78 is 6.11. The van der Waals surface area contributed by atoms with Gasteiger partial charge in [0.1, 0.15) is 0 Å². The molecule has 0 aliphatic heterocycles. The van der Waals surface area contributed by atoms with Gasteiger partial charge in [0.05, 0.1) is 12.8 Å². The average Bonchev–Trinajstić information content (AvgIpc) is 2.39. The number of hydrogen-bond donors (Lipinski definition) is 1. The van der Waals surface area contributed by atoms with Gasteiger partial charge in [-0.15, -0.1) is 0 Å². The zero-order valence-electron chi connectivity index (χ0n) is 15.4. The molecule has 1 N–H and O–H groups in total. The number of hydrogen-bond acceptors (Lipinski definition) is 3. The van der Waals surface area contributed by atoms with E-state index in [1.54, 1.807) is 0 Å². The van der Waals surface area contributed by atoms with Crippen molar-refractivity contribution in [2.75, 3.05) is 0 Å². The molecule has 5 heteroatoms. The molecule has 0 saturated carbocycles. The van der Waals surface area contributed by atoms with Crippen LogP contribution in [-0.4, -0.2) is 25.4 Å². The number of carboxylic acid groups (broad SMARTS) is 1. The highest BCUT2D eigenvalue weighted by Crippen LogP contribution is 2.54. The summed E-state index contributed by atoms with van der Waals surface area (Å²) in [7, 11) is -2.39. The molecule has 0 radical (unpaired) electrons. The summed E-state index contributed by atoms with van der Waals surface area (Å²) >= 11 is 0. The molecule has 0 saturated heterocycles. The fourth-order valence-corrected chi connectivity index (χ4v) is 10.1. The average molecular weight is 331 g/mol. The first-order chi connectivity index (χ1) is 10.0. The molecule has 0 fully saturated rings. The third-order valence-electron chi connectivity index (χ3n) is 4.75. The topological polar surface area (TPSA) is 63.6 Å². The minimum Gasteiger partial charge on any atom is -0.518 e. The molecule has 0 aromatic carbocycles. The lowest BCUT2D eigenvalue weighted by Gasteiger charge is -2.49. The fourth-order valence-electron chi connectivity index (χ4n) is 3.87. The molecular weight excluding hydrogens is 296 g/mol. The van der Waals surface area contributed by atoms with E-state index >= 15 is 0 Å². The summed E-state index contributed by atoms with van der Waals surface area (Å²) in [5, 5.41) is 8.74. The highest BCUT2D eigenvalue weighted by atomic mass is 28.4. The van der Waals surface area contributed by atoms with Gasteiger partial charge in [-0.25, -0.2) is 0 Å². The van der Waals surface area contributed by atoms with E-state index < -0.39 is 14.3 Å². The largest absolute Gasteiger partial charge is 0.518 e. The van der Waals surface area contributed by atoms with Crippen LogP contribution in [0.4, 0.5) is 0 Å². The standard InChI is InChI=1S/C17H34O4Si/c1-8-9-12-17(6,7)22(13(2)3,14(4)5)21-16(20)11-10-15(18)19/h13-14H,8-12H2,1-7H3,(H,18,19). The van der Waals surface area contributed by atoms with E-state index in [0.29, 0.717) is 11.1 Å². The first-order valence-corrected chi connectivity index (χ1v) is 10.5. The van der Waals surface area contributed by atoms with Gasteiger partial charge < -0.3 is 9.53 Å². The Morgan fingerprint density at radius 2 is 1.59 bits per heavy atom. The second-order valence-corrected chi connectivity index (χ2v) is 12.9. The van der Waals surface area contributed by atoms with Gasteiger partial charge in [-0.2, -0.15) is 0 Å². The first-order valence-electron chi connectivity index (χ1n) is 8.44. The van der Waals surface area contributed by atoms with Gasteiger partial charge in [0.2, 0.25) is 0 Å². The number of carbonyl (C=O) groups excluding carboxylic acids is 1. The van der Waals surface area contributed by atoms with Crippen LogP contribution in [0, 0.1) is 0 Å². The summed E-state index contributed by atoms with van der Waals surface area (Å²) in [6.45, 7) is 15.2. The molecular formula is C17H34O4Si. The van der Waals surface area contributed by atoms with Crippen LogP contribution in [-0.2, 0) is 14.0 Å². The molecule has 4 nitrogen and oxygen atoms in total. The van der Waals surface area contributed by atoms with Crippen LogP contribution in [0.15, 0.2) is 0 Å². The van der Waals surface area contributed by atoms with Crippen LogP contribution in [0.1, 0.15) is 80.6 Å². The van der Waals surface area contributed by atoms with Crippen molar-refractivity contribution in [3.05, 3.63) is 0 Å². The summed E-state index contributed by atoms with van der Waals surface area (Å²) in [4.78, 5) is 22.9. The van der Waals surface area contributed by atoms with Gasteiger partial charge >= 0.3 is 5.97 Å². The smallest absolute Gasteiger partial charge is 0.303 e. The highest BCUT2D eigenvalue weighted by molar-refractivity contribution is 6.80. The molecule has 0 aliphatic carbocycles. The molecule has 0 atom stereocenters. The number of unbranched alkanes of at least 4 members (excludes halogenated alkanes) is 1. The maximum Gasteiger partial charge on any atom is 0.303 e. The van der Waals surface area contributed by atoms with Crippen molar-refractivity contribution in [2.45, 2.75) is 96.7 Å². The molecule has 0 heterocycles. The Hall–Kier alpha value is -0.843. The Morgan fingerprint density at radius 1 is 1.09 bits per heavy atom. The van der Waals surface area contributed by atoms with Gasteiger partial charge in [0.25, 0.3) is 14.3 Å². The van der Waals surface area contributed by atoms with Crippen LogP contribution in [0.2, 0.25) is 16.1 Å². The van der Waals surface area contributed by atoms with Crippen molar-refractivity contribution >= 4 is 20.3 Å². The van der Waals surface area contributed by atoms with Gasteiger partial charge in [0.15, 0.2) is 0 Å². The predicted molar refractivity (Wildman–Crippen MR) is 92.5 cm³/mol. The third kappa shape index (κ3) is 5.11. The van der Waals surface area contributed by atoms with Crippen molar-refractivity contribution in [1.82, 2.24) is 0 Å². The maximum atomic E-state index is 12.2. The van der Waals surface area contributed by atoms with Crippen LogP contribution in [0.3, 0.4) is 0 Å². The van der Waals surface area contributed by atoms with Crippen molar-refractivity contribution in [1.29, 1.82) is 0 Å². The number of carboxylic acids is 1. The van der Waals surface area contributed by atoms with Crippen LogP contribution < -0.4 is 0 Å². The van der Waals surface area contributed by atoms with Crippen molar-refractivity contribution < 1.29 is 19.1 Å². The zero-order valence-corrected chi connectivity index (χ0v) is 16.4. The summed E-state index contributed by atoms with van der Waals surface area (Å²) in [5.41, 5.74) is 0.598. The normalized spacial score (nSPS) is 12.8. The Labute approximate surface area is 136 Å². The summed E-state index contributed by atoms with van der Waals surface area (Å²) in [6.07, 6.45) is 3.09. The molecule has 22 heavy (non-hydrogen) atoms. The summed E-state index contributed by atoms with van der Waals surface area (Å²) in [5.74, 6) is -1.30. The van der Waals surface area contributed by atoms with Crippen LogP contribution in [0.5, 0.6) is 0 Å². The van der Waals surface area contributed by atoms with E-state index in [9.17, 15) is 9.59 Å². The second kappa shape index (κ2) is 8.70. The quantitative estimate of drug-likeness (QED) is 0.564. The molecule has 0 bridgehead atoms. The molecule has 0 aliphatic rings. The molecule has 0 amide bonds. The zero-order chi connectivity index (χ0) is 17.6. The van der Waals surface area contributed by atoms with Crippen molar-refractivity contribution in [3.8, 4) is 0 Å². The van der Waals surface area contributed by atoms with E-state index in [2.05, 4.69) is 48.5 Å². The van der Waals surface area contributed by atoms with E-state index in [4.69, 9.17) is 9.53 Å². The molecule has 130 valence electrons. The van der Waals surface area contributed by atoms with E-state index in [1.807, 2.05) is 0 Å². The Kier molecular flexibility index (Phi) is 8.37. The van der Waals surface area contributed by atoms with E-state index in [0.717, 1.165) is 19.3 Å². The lowest BCUT2D eigenvalue weighted by molar-refractivity contribution is -0.143. The lowest BCUT2D eigenvalue weighted by Crippen LogP contribution is -2.54. The number of carbonyl (C=O) groups is 2. The van der Waals surface area contributed by atoms with Gasteiger partial charge in [-0.3, -0.25) is 9.59 Å². The highest BCUT2D eigenvalue weighted by Gasteiger charge is 2.56. The monoisotopic (exact) mass is 330 g/mol. The summed E-state index contributed by atoms with van der Waals surface area (Å²) in [6, 6.07) is 0. The van der Waals surface area contributed by atoms with Crippen LogP contribution >= 0.6 is 0 Å². The van der Waals surface area contributed by atoms with Crippen molar-refractivity contribution in [2.24, 2.45) is 0 Å². The first kappa shape index (κ1) is 21.2. The number of rotatable bonds is 10. The van der Waals surface area contributed by atoms with Gasteiger partial charge in [-0.05, 0) is 22.5 Å². The third-order valence-corrected chi connectivity index (χ3v) is 11.1. The lowest BCUT2D eigenvalue weighted by atomic mass is 10.1. The predicted octanol–water partition coefficient (Wildman–Crippen LogP) is 5.13. The molecule has 0 aromatic rings. The minimum absolute atomic E-state index is 0.0236. The van der Waals surface area contributed by atoms with E-state index in [1.165, 1.54) is 0 Å². The van der Waals surface area contributed by atoms with Crippen LogP contribution in [0.25, 0.3) is 0 Å². The van der Waals surface area contributed by atoms with Gasteiger partial charge in [-0.1, -0.05) is 61.3 Å². The maximum absolute atomic E-state index is 12.2. The molecule has 0 unspecified atom stereocenters. The minimum atomic E-state index is -2.39. The Bertz CT molecular complexity index is 367. The molecule has 0 aromatic heterocycles. The second-order valence-electron chi connectivity index (χ2n) is 7.46. The fraction of sp³-hybridized carbons (Fsp3) is 0.882. The molecule has 0 spiro atoms. The van der Waals surface area contributed by atoms with Gasteiger partial charge in [0, 0.05) is 0 Å². The Morgan fingerprint density at radius 3 is 1.95 bits per heavy atom. The Balaban J connectivity index is 5.42. The SMILES string of the molecule is CCCCC(C)(C)[Si](OC(=O)CCC(=O)O)(C(C)C)C(C)C. The number of aliphatic carboxylic acids is 1.